The Bertz CT molecular complexity index is 780. The fraction of sp³-hybridized carbons (Fsp3) is 0.111. The molecule has 4 heteroatoms. The lowest BCUT2D eigenvalue weighted by Gasteiger charge is -2.09. The Kier molecular flexibility index (Phi) is 4.07. The number of aromatic nitrogens is 2. The SMILES string of the molecule is Cc1ccc(-c2cc(Nc3ccc(Cl)cc3)nc(C)n2)cc1. The van der Waals surface area contributed by atoms with E-state index < -0.39 is 0 Å². The van der Waals surface area contributed by atoms with Gasteiger partial charge in [0, 0.05) is 22.3 Å². The van der Waals surface area contributed by atoms with Gasteiger partial charge < -0.3 is 5.32 Å². The van der Waals surface area contributed by atoms with E-state index in [-0.39, 0.29) is 0 Å². The van der Waals surface area contributed by atoms with Crippen molar-refractivity contribution in [1.82, 2.24) is 9.97 Å². The number of nitrogens with zero attached hydrogens (tertiary/aromatic N) is 2. The Balaban J connectivity index is 1.92. The second kappa shape index (κ2) is 6.16. The Morgan fingerprint density at radius 3 is 2.23 bits per heavy atom. The van der Waals surface area contributed by atoms with Crippen LogP contribution in [0.2, 0.25) is 5.02 Å². The van der Waals surface area contributed by atoms with Crippen LogP contribution in [0.25, 0.3) is 11.3 Å². The number of halogens is 1. The van der Waals surface area contributed by atoms with Crippen LogP contribution >= 0.6 is 11.6 Å². The lowest BCUT2D eigenvalue weighted by atomic mass is 10.1. The first-order valence-corrected chi connectivity index (χ1v) is 7.43. The second-order valence-corrected chi connectivity index (χ2v) is 5.62. The zero-order valence-corrected chi connectivity index (χ0v) is 13.2. The average molecular weight is 310 g/mol. The van der Waals surface area contributed by atoms with Crippen molar-refractivity contribution in [3.05, 3.63) is 71.0 Å². The van der Waals surface area contributed by atoms with Gasteiger partial charge in [0.25, 0.3) is 0 Å². The van der Waals surface area contributed by atoms with Gasteiger partial charge in [-0.05, 0) is 38.1 Å². The highest BCUT2D eigenvalue weighted by atomic mass is 35.5. The van der Waals surface area contributed by atoms with E-state index in [9.17, 15) is 0 Å². The minimum atomic E-state index is 0.713. The van der Waals surface area contributed by atoms with E-state index in [0.717, 1.165) is 28.6 Å². The third-order valence-corrected chi connectivity index (χ3v) is 3.55. The molecule has 0 aliphatic heterocycles. The maximum Gasteiger partial charge on any atom is 0.134 e. The van der Waals surface area contributed by atoms with Gasteiger partial charge in [0.05, 0.1) is 5.69 Å². The molecule has 1 N–H and O–H groups in total. The number of aryl methyl sites for hydroxylation is 2. The van der Waals surface area contributed by atoms with Crippen LogP contribution in [0.3, 0.4) is 0 Å². The molecule has 0 aliphatic rings. The number of benzene rings is 2. The molecule has 3 nitrogen and oxygen atoms in total. The smallest absolute Gasteiger partial charge is 0.134 e. The summed E-state index contributed by atoms with van der Waals surface area (Å²) >= 11 is 5.90. The minimum absolute atomic E-state index is 0.713. The molecule has 0 amide bonds. The van der Waals surface area contributed by atoms with E-state index in [1.165, 1.54) is 5.56 Å². The minimum Gasteiger partial charge on any atom is -0.340 e. The number of nitrogens with one attached hydrogen (secondary N) is 1. The van der Waals surface area contributed by atoms with Crippen molar-refractivity contribution in [3.63, 3.8) is 0 Å². The lowest BCUT2D eigenvalue weighted by Crippen LogP contribution is -1.98. The summed E-state index contributed by atoms with van der Waals surface area (Å²) in [6, 6.07) is 17.8. The van der Waals surface area contributed by atoms with E-state index in [2.05, 4.69) is 46.5 Å². The van der Waals surface area contributed by atoms with Crippen LogP contribution in [0.4, 0.5) is 11.5 Å². The summed E-state index contributed by atoms with van der Waals surface area (Å²) in [5.74, 6) is 1.50. The Hall–Kier alpha value is -2.39. The normalized spacial score (nSPS) is 10.5. The number of hydrogen-bond acceptors (Lipinski definition) is 3. The summed E-state index contributed by atoms with van der Waals surface area (Å²) in [5, 5.41) is 4.00. The molecule has 0 radical (unpaired) electrons. The molecule has 1 aromatic heterocycles. The van der Waals surface area contributed by atoms with Gasteiger partial charge in [0.15, 0.2) is 0 Å². The highest BCUT2D eigenvalue weighted by Crippen LogP contribution is 2.23. The second-order valence-electron chi connectivity index (χ2n) is 5.18. The average Bonchev–Trinajstić information content (AvgIpc) is 2.50. The molecule has 0 aliphatic carbocycles. The summed E-state index contributed by atoms with van der Waals surface area (Å²) < 4.78 is 0. The van der Waals surface area contributed by atoms with Crippen LogP contribution in [0.5, 0.6) is 0 Å². The molecule has 3 aromatic rings. The quantitative estimate of drug-likeness (QED) is 0.726. The molecule has 0 unspecified atom stereocenters. The molecule has 1 heterocycles. The third-order valence-electron chi connectivity index (χ3n) is 3.30. The topological polar surface area (TPSA) is 37.8 Å². The number of rotatable bonds is 3. The van der Waals surface area contributed by atoms with Crippen LogP contribution in [0, 0.1) is 13.8 Å². The summed E-state index contributed by atoms with van der Waals surface area (Å²) in [6.07, 6.45) is 0. The molecule has 2 aromatic carbocycles. The van der Waals surface area contributed by atoms with Crippen molar-refractivity contribution in [2.45, 2.75) is 13.8 Å². The molecule has 110 valence electrons. The van der Waals surface area contributed by atoms with Gasteiger partial charge in [-0.25, -0.2) is 9.97 Å². The van der Waals surface area contributed by atoms with Gasteiger partial charge in [-0.2, -0.15) is 0 Å². The summed E-state index contributed by atoms with van der Waals surface area (Å²) in [4.78, 5) is 8.96. The van der Waals surface area contributed by atoms with Crippen molar-refractivity contribution in [2.75, 3.05) is 5.32 Å². The molecule has 3 rings (SSSR count). The van der Waals surface area contributed by atoms with Gasteiger partial charge >= 0.3 is 0 Å². The van der Waals surface area contributed by atoms with Gasteiger partial charge in [0.2, 0.25) is 0 Å². The molecule has 22 heavy (non-hydrogen) atoms. The van der Waals surface area contributed by atoms with E-state index in [1.54, 1.807) is 0 Å². The first-order valence-electron chi connectivity index (χ1n) is 7.05. The van der Waals surface area contributed by atoms with Crippen molar-refractivity contribution in [2.24, 2.45) is 0 Å². The Morgan fingerprint density at radius 2 is 1.55 bits per heavy atom. The van der Waals surface area contributed by atoms with Crippen molar-refractivity contribution >= 4 is 23.1 Å². The highest BCUT2D eigenvalue weighted by Gasteiger charge is 2.05. The van der Waals surface area contributed by atoms with Crippen molar-refractivity contribution < 1.29 is 0 Å². The number of hydrogen-bond donors (Lipinski definition) is 1. The van der Waals surface area contributed by atoms with Gasteiger partial charge in [0.1, 0.15) is 11.6 Å². The molecule has 0 fully saturated rings. The zero-order valence-electron chi connectivity index (χ0n) is 12.5. The number of anilines is 2. The zero-order chi connectivity index (χ0) is 15.5. The highest BCUT2D eigenvalue weighted by molar-refractivity contribution is 6.30. The van der Waals surface area contributed by atoms with Gasteiger partial charge in [-0.3, -0.25) is 0 Å². The Morgan fingerprint density at radius 1 is 0.864 bits per heavy atom. The van der Waals surface area contributed by atoms with Crippen LogP contribution in [0.1, 0.15) is 11.4 Å². The summed E-state index contributed by atoms with van der Waals surface area (Å²) in [6.45, 7) is 3.97. The molecule has 0 saturated carbocycles. The van der Waals surface area contributed by atoms with E-state index in [0.29, 0.717) is 5.02 Å². The van der Waals surface area contributed by atoms with Gasteiger partial charge in [-0.15, -0.1) is 0 Å². The Labute approximate surface area is 135 Å². The summed E-state index contributed by atoms with van der Waals surface area (Å²) in [5.41, 5.74) is 4.16. The fourth-order valence-electron chi connectivity index (χ4n) is 2.19. The standard InChI is InChI=1S/C18H16ClN3/c1-12-3-5-14(6-4-12)17-11-18(21-13(2)20-17)22-16-9-7-15(19)8-10-16/h3-11H,1-2H3,(H,20,21,22). The van der Waals surface area contributed by atoms with E-state index in [4.69, 9.17) is 11.6 Å². The van der Waals surface area contributed by atoms with E-state index in [1.807, 2.05) is 37.3 Å². The predicted octanol–water partition coefficient (Wildman–Crippen LogP) is 5.16. The first-order chi connectivity index (χ1) is 10.6. The predicted molar refractivity (Wildman–Crippen MR) is 91.7 cm³/mol. The van der Waals surface area contributed by atoms with Crippen molar-refractivity contribution in [3.8, 4) is 11.3 Å². The lowest BCUT2D eigenvalue weighted by molar-refractivity contribution is 1.06. The monoisotopic (exact) mass is 309 g/mol. The molecule has 0 spiro atoms. The van der Waals surface area contributed by atoms with Crippen LogP contribution in [0.15, 0.2) is 54.6 Å². The summed E-state index contributed by atoms with van der Waals surface area (Å²) in [7, 11) is 0. The van der Waals surface area contributed by atoms with E-state index >= 15 is 0 Å². The fourth-order valence-corrected chi connectivity index (χ4v) is 2.31. The van der Waals surface area contributed by atoms with Crippen LogP contribution < -0.4 is 5.32 Å². The molecular weight excluding hydrogens is 294 g/mol. The molecular formula is C18H16ClN3. The molecule has 0 bridgehead atoms. The molecule has 0 atom stereocenters. The first kappa shape index (κ1) is 14.5. The molecule has 0 saturated heterocycles. The maximum absolute atomic E-state index is 5.90. The van der Waals surface area contributed by atoms with Crippen molar-refractivity contribution in [1.29, 1.82) is 0 Å². The maximum atomic E-state index is 5.90. The van der Waals surface area contributed by atoms with Gasteiger partial charge in [-0.1, -0.05) is 41.4 Å². The van der Waals surface area contributed by atoms with Crippen LogP contribution in [-0.2, 0) is 0 Å². The third kappa shape index (κ3) is 3.43. The van der Waals surface area contributed by atoms with Crippen LogP contribution in [-0.4, -0.2) is 9.97 Å². The largest absolute Gasteiger partial charge is 0.340 e.